The number of halogens is 6. The fourth-order valence-corrected chi connectivity index (χ4v) is 1.64. The second-order valence-corrected chi connectivity index (χ2v) is 4.80. The van der Waals surface area contributed by atoms with Gasteiger partial charge in [0.2, 0.25) is 9.73 Å². The first kappa shape index (κ1) is 13.5. The quantitative estimate of drug-likeness (QED) is 0.651. The highest BCUT2D eigenvalue weighted by Gasteiger charge is 2.60. The lowest BCUT2D eigenvalue weighted by Crippen LogP contribution is -2.37. The van der Waals surface area contributed by atoms with E-state index in [0.29, 0.717) is 0 Å². The van der Waals surface area contributed by atoms with Gasteiger partial charge in [0.15, 0.2) is 0 Å². The summed E-state index contributed by atoms with van der Waals surface area (Å²) in [7, 11) is -6.20. The number of hydrogen-bond acceptors (Lipinski definition) is 2. The van der Waals surface area contributed by atoms with Crippen LogP contribution in [0.2, 0.25) is 0 Å². The first-order valence-corrected chi connectivity index (χ1v) is 4.82. The van der Waals surface area contributed by atoms with E-state index in [1.54, 1.807) is 0 Å². The van der Waals surface area contributed by atoms with Crippen molar-refractivity contribution in [3.8, 4) is 0 Å². The number of hydrogen-bond donors (Lipinski definition) is 0. The first-order valence-electron chi connectivity index (χ1n) is 3.30. The molecule has 0 saturated heterocycles. The Balaban J connectivity index is 5.68. The SMILES string of the molecule is CC(C)N=S(=O)(C(F)(F)F)C(F)(F)F. The smallest absolute Gasteiger partial charge is 0.232 e. The van der Waals surface area contributed by atoms with Gasteiger partial charge in [-0.3, -0.25) is 0 Å². The summed E-state index contributed by atoms with van der Waals surface area (Å²) in [6.45, 7) is 1.97. The van der Waals surface area contributed by atoms with E-state index in [1.165, 1.54) is 0 Å². The summed E-state index contributed by atoms with van der Waals surface area (Å²) in [6, 6.07) is -1.31. The molecule has 14 heavy (non-hydrogen) atoms. The van der Waals surface area contributed by atoms with Gasteiger partial charge in [-0.05, 0) is 13.8 Å². The van der Waals surface area contributed by atoms with E-state index in [9.17, 15) is 30.6 Å². The summed E-state index contributed by atoms with van der Waals surface area (Å²) in [4.78, 5) is 0. The molecule has 0 saturated carbocycles. The summed E-state index contributed by atoms with van der Waals surface area (Å²) in [5.41, 5.74) is -11.8. The van der Waals surface area contributed by atoms with Crippen molar-refractivity contribution in [1.82, 2.24) is 0 Å². The monoisotopic (exact) mass is 243 g/mol. The van der Waals surface area contributed by atoms with Crippen LogP contribution in [0.25, 0.3) is 0 Å². The highest BCUT2D eigenvalue weighted by molar-refractivity contribution is 7.95. The molecule has 0 fully saturated rings. The molecule has 0 atom stereocenters. The maximum atomic E-state index is 11.9. The predicted molar refractivity (Wildman–Crippen MR) is 37.8 cm³/mol. The van der Waals surface area contributed by atoms with Crippen LogP contribution in [0.1, 0.15) is 13.8 Å². The molecule has 9 heteroatoms. The summed E-state index contributed by atoms with van der Waals surface area (Å²) in [5.74, 6) is 0. The minimum Gasteiger partial charge on any atom is -0.232 e. The molecule has 0 bridgehead atoms. The average Bonchev–Trinajstić information content (AvgIpc) is 1.79. The highest BCUT2D eigenvalue weighted by Crippen LogP contribution is 2.39. The van der Waals surface area contributed by atoms with E-state index >= 15 is 0 Å². The Hall–Kier alpha value is -0.470. The summed E-state index contributed by atoms with van der Waals surface area (Å²) >= 11 is 0. The fraction of sp³-hybridized carbons (Fsp3) is 1.00. The lowest BCUT2D eigenvalue weighted by molar-refractivity contribution is -0.0830. The van der Waals surface area contributed by atoms with Crippen molar-refractivity contribution in [2.45, 2.75) is 30.9 Å². The molecule has 0 heterocycles. The van der Waals surface area contributed by atoms with Gasteiger partial charge >= 0.3 is 11.0 Å². The molecule has 0 aliphatic heterocycles. The van der Waals surface area contributed by atoms with Crippen LogP contribution in [-0.4, -0.2) is 21.3 Å². The third kappa shape index (κ3) is 2.52. The Labute approximate surface area is 76.5 Å². The van der Waals surface area contributed by atoms with Crippen molar-refractivity contribution in [2.75, 3.05) is 0 Å². The molecular formula is C5H7F6NOS. The number of rotatable bonds is 1. The van der Waals surface area contributed by atoms with E-state index in [4.69, 9.17) is 0 Å². The molecule has 0 radical (unpaired) electrons. The normalized spacial score (nSPS) is 14.6. The van der Waals surface area contributed by atoms with Crippen LogP contribution in [0, 0.1) is 0 Å². The molecule has 86 valence electrons. The van der Waals surface area contributed by atoms with Gasteiger partial charge in [0.1, 0.15) is 0 Å². The third-order valence-corrected chi connectivity index (χ3v) is 2.96. The summed E-state index contributed by atoms with van der Waals surface area (Å²) < 4.78 is 84.1. The Bertz CT molecular complexity index is 287. The predicted octanol–water partition coefficient (Wildman–Crippen LogP) is 2.90. The maximum absolute atomic E-state index is 11.9. The minimum absolute atomic E-state index is 0.983. The van der Waals surface area contributed by atoms with E-state index in [-0.39, 0.29) is 0 Å². The molecule has 2 nitrogen and oxygen atoms in total. The molecule has 0 aliphatic rings. The second-order valence-electron chi connectivity index (χ2n) is 2.62. The molecular weight excluding hydrogens is 236 g/mol. The van der Waals surface area contributed by atoms with Crippen molar-refractivity contribution in [1.29, 1.82) is 0 Å². The first-order chi connectivity index (χ1) is 5.92. The number of nitrogens with zero attached hydrogens (tertiary/aromatic N) is 1. The molecule has 0 spiro atoms. The zero-order chi connectivity index (χ0) is 11.8. The van der Waals surface area contributed by atoms with E-state index in [0.717, 1.165) is 13.8 Å². The Kier molecular flexibility index (Phi) is 3.47. The Morgan fingerprint density at radius 1 is 1.00 bits per heavy atom. The maximum Gasteiger partial charge on any atom is 0.487 e. The second kappa shape index (κ2) is 3.59. The van der Waals surface area contributed by atoms with Crippen molar-refractivity contribution < 1.29 is 30.6 Å². The van der Waals surface area contributed by atoms with Crippen molar-refractivity contribution in [2.24, 2.45) is 4.36 Å². The van der Waals surface area contributed by atoms with Crippen LogP contribution in [-0.2, 0) is 9.73 Å². The fourth-order valence-electron chi connectivity index (χ4n) is 0.548. The van der Waals surface area contributed by atoms with Crippen molar-refractivity contribution in [3.63, 3.8) is 0 Å². The molecule has 0 aromatic heterocycles. The van der Waals surface area contributed by atoms with E-state index in [1.807, 2.05) is 0 Å². The summed E-state index contributed by atoms with van der Waals surface area (Å²) in [6.07, 6.45) is 0. The van der Waals surface area contributed by atoms with Crippen molar-refractivity contribution >= 4 is 9.73 Å². The van der Waals surface area contributed by atoms with E-state index < -0.39 is 26.8 Å². The van der Waals surface area contributed by atoms with Gasteiger partial charge in [-0.15, -0.1) is 0 Å². The molecule has 0 rings (SSSR count). The Morgan fingerprint density at radius 2 is 1.29 bits per heavy atom. The lowest BCUT2D eigenvalue weighted by atomic mass is 10.4. The lowest BCUT2D eigenvalue weighted by Gasteiger charge is -2.16. The van der Waals surface area contributed by atoms with Crippen LogP contribution >= 0.6 is 0 Å². The average molecular weight is 243 g/mol. The number of alkyl halides is 6. The van der Waals surface area contributed by atoms with Gasteiger partial charge in [0.05, 0.1) is 6.04 Å². The molecule has 0 N–H and O–H groups in total. The zero-order valence-corrected chi connectivity index (χ0v) is 7.93. The van der Waals surface area contributed by atoms with Crippen LogP contribution in [0.3, 0.4) is 0 Å². The molecule has 0 aromatic carbocycles. The van der Waals surface area contributed by atoms with Crippen LogP contribution < -0.4 is 0 Å². The van der Waals surface area contributed by atoms with Gasteiger partial charge in [0, 0.05) is 0 Å². The molecule has 0 aliphatic carbocycles. The summed E-state index contributed by atoms with van der Waals surface area (Å²) in [5, 5.41) is 0. The van der Waals surface area contributed by atoms with Gasteiger partial charge in [-0.1, -0.05) is 0 Å². The van der Waals surface area contributed by atoms with Crippen molar-refractivity contribution in [3.05, 3.63) is 0 Å². The largest absolute Gasteiger partial charge is 0.487 e. The van der Waals surface area contributed by atoms with Crippen LogP contribution in [0.4, 0.5) is 26.3 Å². The third-order valence-electron chi connectivity index (χ3n) is 0.987. The molecule has 0 unspecified atom stereocenters. The van der Waals surface area contributed by atoms with E-state index in [2.05, 4.69) is 4.36 Å². The standard InChI is InChI=1S/C5H7F6NOS/c1-3(2)12-14(13,4(6,7)8)5(9,10)11/h3H,1-2H3. The zero-order valence-electron chi connectivity index (χ0n) is 7.11. The highest BCUT2D eigenvalue weighted by atomic mass is 32.2. The van der Waals surface area contributed by atoms with Crippen LogP contribution in [0.15, 0.2) is 4.36 Å². The van der Waals surface area contributed by atoms with Gasteiger partial charge in [0.25, 0.3) is 0 Å². The minimum atomic E-state index is -6.20. The molecule has 0 amide bonds. The van der Waals surface area contributed by atoms with Gasteiger partial charge in [-0.25, -0.2) is 8.57 Å². The molecule has 0 aromatic rings. The van der Waals surface area contributed by atoms with Gasteiger partial charge in [-0.2, -0.15) is 26.3 Å². The van der Waals surface area contributed by atoms with Gasteiger partial charge < -0.3 is 0 Å². The van der Waals surface area contributed by atoms with Crippen LogP contribution in [0.5, 0.6) is 0 Å². The Morgan fingerprint density at radius 3 is 1.36 bits per heavy atom. The topological polar surface area (TPSA) is 29.4 Å².